The molecule has 1 aromatic rings. The molecule has 32 heavy (non-hydrogen) atoms. The molecule has 17 heteroatoms. The number of thioether (sulfide) groups is 1. The molecule has 5 N–H and O–H groups in total. The van der Waals surface area contributed by atoms with Gasteiger partial charge in [-0.1, -0.05) is 5.16 Å². The predicted molar refractivity (Wildman–Crippen MR) is 104 cm³/mol. The number of hydrogen-bond donors (Lipinski definition) is 4. The highest BCUT2D eigenvalue weighted by Crippen LogP contribution is 2.51. The van der Waals surface area contributed by atoms with E-state index in [1.165, 1.54) is 11.8 Å². The Bertz CT molecular complexity index is 1060. The molecule has 0 unspecified atom stereocenters. The Morgan fingerprint density at radius 1 is 1.38 bits per heavy atom. The molecule has 4 atom stereocenters. The minimum Gasteiger partial charge on any atom is -0.479 e. The standard InChI is InChI=1S/C15H14N6O9S2/c16-14-18-9(20-32-14)7(19-29-2-5(22)23)10(25)17-8-11(26)21-12(8)31-3-4-1-6(24)30-15(4,21)13(27)28/h4,8,12H,1-3H2,(H,17,25)(H,22,23)(H,27,28)(H2,16,18,20)/b19-7-/t4-,8+,12+,15+/m0/s1. The number of nitrogens with one attached hydrogen (secondary N) is 1. The molecule has 0 saturated carbocycles. The van der Waals surface area contributed by atoms with Crippen LogP contribution in [0, 0.1) is 5.92 Å². The summed E-state index contributed by atoms with van der Waals surface area (Å²) in [6.45, 7) is -0.848. The maximum absolute atomic E-state index is 12.8. The van der Waals surface area contributed by atoms with E-state index in [-0.39, 0.29) is 23.1 Å². The quantitative estimate of drug-likeness (QED) is 0.137. The number of aliphatic carboxylic acids is 2. The summed E-state index contributed by atoms with van der Waals surface area (Å²) in [5.74, 6) is -6.04. The van der Waals surface area contributed by atoms with Crippen molar-refractivity contribution < 1.29 is 43.8 Å². The zero-order valence-corrected chi connectivity index (χ0v) is 17.4. The molecular formula is C15H14N6O9S2. The highest BCUT2D eigenvalue weighted by atomic mass is 32.2. The number of oxime groups is 1. The largest absolute Gasteiger partial charge is 0.479 e. The number of rotatable bonds is 7. The number of carbonyl (C=O) groups excluding carboxylic acids is 3. The van der Waals surface area contributed by atoms with Crippen LogP contribution in [0.4, 0.5) is 5.13 Å². The van der Waals surface area contributed by atoms with Gasteiger partial charge in [0.1, 0.15) is 11.4 Å². The van der Waals surface area contributed by atoms with Crippen molar-refractivity contribution in [3.8, 4) is 0 Å². The van der Waals surface area contributed by atoms with Crippen LogP contribution in [0.1, 0.15) is 12.2 Å². The number of nitrogens with two attached hydrogens (primary N) is 1. The molecule has 2 amide bonds. The molecule has 3 saturated heterocycles. The van der Waals surface area contributed by atoms with E-state index in [9.17, 15) is 29.1 Å². The number of β-lactam (4-membered cyclic amide) rings is 1. The number of fused-ring (bicyclic) bond motifs is 3. The number of carboxylic acid groups (broad SMARTS) is 2. The van der Waals surface area contributed by atoms with Crippen molar-refractivity contribution in [2.45, 2.75) is 23.6 Å². The maximum atomic E-state index is 12.8. The molecular weight excluding hydrogens is 472 g/mol. The van der Waals surface area contributed by atoms with Crippen LogP contribution in [-0.2, 0) is 33.5 Å². The van der Waals surface area contributed by atoms with E-state index in [0.29, 0.717) is 0 Å². The van der Waals surface area contributed by atoms with Gasteiger partial charge in [0.05, 0.1) is 6.42 Å². The van der Waals surface area contributed by atoms with Gasteiger partial charge in [0.2, 0.25) is 18.1 Å². The summed E-state index contributed by atoms with van der Waals surface area (Å²) < 4.78 is 8.90. The normalized spacial score (nSPS) is 28.8. The topological polar surface area (TPSA) is 224 Å². The van der Waals surface area contributed by atoms with Gasteiger partial charge < -0.3 is 30.8 Å². The van der Waals surface area contributed by atoms with Crippen molar-refractivity contribution in [2.24, 2.45) is 11.1 Å². The van der Waals surface area contributed by atoms with E-state index in [1.807, 2.05) is 0 Å². The third-order valence-corrected chi connectivity index (χ3v) is 6.87. The van der Waals surface area contributed by atoms with Gasteiger partial charge in [-0.05, 0) is 0 Å². The van der Waals surface area contributed by atoms with Gasteiger partial charge in [-0.2, -0.15) is 9.36 Å². The molecule has 15 nitrogen and oxygen atoms in total. The average molecular weight is 486 g/mol. The Balaban J connectivity index is 1.54. The fourth-order valence-corrected chi connectivity index (χ4v) is 5.58. The summed E-state index contributed by atoms with van der Waals surface area (Å²) in [4.78, 5) is 69.3. The fraction of sp³-hybridized carbons (Fsp3) is 0.467. The van der Waals surface area contributed by atoms with Gasteiger partial charge in [-0.3, -0.25) is 19.3 Å². The molecule has 3 fully saturated rings. The van der Waals surface area contributed by atoms with E-state index in [0.717, 1.165) is 16.4 Å². The number of carbonyl (C=O) groups is 5. The van der Waals surface area contributed by atoms with Crippen LogP contribution < -0.4 is 11.1 Å². The zero-order valence-electron chi connectivity index (χ0n) is 15.8. The van der Waals surface area contributed by atoms with Crippen molar-refractivity contribution >= 4 is 63.9 Å². The second-order valence-electron chi connectivity index (χ2n) is 6.82. The number of ether oxygens (including phenoxy) is 1. The Morgan fingerprint density at radius 2 is 2.12 bits per heavy atom. The van der Waals surface area contributed by atoms with Gasteiger partial charge in [-0.25, -0.2) is 9.59 Å². The molecule has 0 spiro atoms. The Labute approximate surface area is 186 Å². The Kier molecular flexibility index (Phi) is 5.37. The van der Waals surface area contributed by atoms with Crippen LogP contribution in [0.25, 0.3) is 0 Å². The number of nitrogen functional groups attached to an aromatic ring is 1. The monoisotopic (exact) mass is 486 g/mol. The van der Waals surface area contributed by atoms with Gasteiger partial charge in [0.25, 0.3) is 17.5 Å². The number of esters is 1. The highest BCUT2D eigenvalue weighted by Gasteiger charge is 2.71. The molecule has 170 valence electrons. The lowest BCUT2D eigenvalue weighted by molar-refractivity contribution is -0.215. The second-order valence-corrected chi connectivity index (χ2v) is 8.76. The van der Waals surface area contributed by atoms with E-state index < -0.39 is 65.1 Å². The van der Waals surface area contributed by atoms with E-state index in [4.69, 9.17) is 15.6 Å². The molecule has 3 aliphatic rings. The third-order valence-electron chi connectivity index (χ3n) is 4.91. The number of aromatic nitrogens is 2. The van der Waals surface area contributed by atoms with Crippen LogP contribution in [0.3, 0.4) is 0 Å². The Morgan fingerprint density at radius 3 is 2.75 bits per heavy atom. The first-order valence-corrected chi connectivity index (χ1v) is 10.7. The van der Waals surface area contributed by atoms with Crippen LogP contribution in [0.2, 0.25) is 0 Å². The first-order chi connectivity index (χ1) is 15.1. The van der Waals surface area contributed by atoms with Gasteiger partial charge in [0, 0.05) is 23.2 Å². The molecule has 0 bridgehead atoms. The molecule has 4 heterocycles. The van der Waals surface area contributed by atoms with Crippen LogP contribution in [0.15, 0.2) is 5.16 Å². The third kappa shape index (κ3) is 3.38. The summed E-state index contributed by atoms with van der Waals surface area (Å²) in [6, 6.07) is -1.16. The second kappa shape index (κ2) is 7.90. The lowest BCUT2D eigenvalue weighted by atomic mass is 9.89. The fourth-order valence-electron chi connectivity index (χ4n) is 3.59. The summed E-state index contributed by atoms with van der Waals surface area (Å²) in [5, 5.41) is 23.4. The number of carboxylic acids is 2. The van der Waals surface area contributed by atoms with E-state index >= 15 is 0 Å². The molecule has 0 aromatic carbocycles. The van der Waals surface area contributed by atoms with E-state index in [2.05, 4.69) is 24.7 Å². The maximum Gasteiger partial charge on any atom is 0.370 e. The summed E-state index contributed by atoms with van der Waals surface area (Å²) in [7, 11) is 0. The highest BCUT2D eigenvalue weighted by molar-refractivity contribution is 8.00. The van der Waals surface area contributed by atoms with Crippen LogP contribution >= 0.6 is 23.3 Å². The Hall–Kier alpha value is -3.47. The van der Waals surface area contributed by atoms with Crippen LogP contribution in [0.5, 0.6) is 0 Å². The minimum absolute atomic E-state index is 0.00459. The lowest BCUT2D eigenvalue weighted by Gasteiger charge is -2.56. The van der Waals surface area contributed by atoms with Gasteiger partial charge in [-0.15, -0.1) is 11.8 Å². The summed E-state index contributed by atoms with van der Waals surface area (Å²) in [6.07, 6.45) is -0.137. The van der Waals surface area contributed by atoms with Crippen molar-refractivity contribution in [2.75, 3.05) is 18.1 Å². The SMILES string of the molecule is Nc1nc(/C(=N/OCC(=O)O)C(=O)N[C@@H]2C(=O)N3[C@@H]2SC[C@@H]2CC(=O)O[C@@]23C(=O)O)ns1. The lowest BCUT2D eigenvalue weighted by Crippen LogP contribution is -2.80. The molecule has 1 aromatic heterocycles. The predicted octanol–water partition coefficient (Wildman–Crippen LogP) is -2.33. The van der Waals surface area contributed by atoms with Crippen molar-refractivity contribution in [1.82, 2.24) is 19.6 Å². The minimum atomic E-state index is -2.11. The van der Waals surface area contributed by atoms with E-state index in [1.54, 1.807) is 0 Å². The van der Waals surface area contributed by atoms with Crippen molar-refractivity contribution in [1.29, 1.82) is 0 Å². The van der Waals surface area contributed by atoms with Crippen molar-refractivity contribution in [3.63, 3.8) is 0 Å². The number of amides is 2. The molecule has 0 radical (unpaired) electrons. The molecule has 4 rings (SSSR count). The first kappa shape index (κ1) is 21.8. The van der Waals surface area contributed by atoms with Gasteiger partial charge in [0.15, 0.2) is 5.13 Å². The summed E-state index contributed by atoms with van der Waals surface area (Å²) in [5.41, 5.74) is 2.87. The van der Waals surface area contributed by atoms with Gasteiger partial charge >= 0.3 is 17.9 Å². The molecule has 3 aliphatic heterocycles. The smallest absolute Gasteiger partial charge is 0.370 e. The number of hydrogen-bond acceptors (Lipinski definition) is 13. The van der Waals surface area contributed by atoms with Crippen LogP contribution in [-0.4, -0.2) is 89.4 Å². The number of nitrogens with zero attached hydrogens (tertiary/aromatic N) is 4. The zero-order chi connectivity index (χ0) is 23.2. The van der Waals surface area contributed by atoms with Crippen molar-refractivity contribution in [3.05, 3.63) is 5.82 Å². The average Bonchev–Trinajstić information content (AvgIpc) is 3.30. The summed E-state index contributed by atoms with van der Waals surface area (Å²) >= 11 is 1.94. The number of anilines is 1. The first-order valence-electron chi connectivity index (χ1n) is 8.87. The molecule has 0 aliphatic carbocycles.